The number of rotatable bonds is 3. The molecule has 1 fully saturated rings. The highest BCUT2D eigenvalue weighted by Crippen LogP contribution is 2.36. The zero-order valence-electron chi connectivity index (χ0n) is 10.3. The molecule has 18 heavy (non-hydrogen) atoms. The predicted octanol–water partition coefficient (Wildman–Crippen LogP) is 2.92. The molecule has 1 aromatic heterocycles. The molecule has 1 aliphatic carbocycles. The van der Waals surface area contributed by atoms with Crippen LogP contribution in [0.1, 0.15) is 25.7 Å². The number of pyridine rings is 1. The van der Waals surface area contributed by atoms with Gasteiger partial charge in [-0.3, -0.25) is 4.98 Å². The highest BCUT2D eigenvalue weighted by atomic mass is 16.5. The Hall–Kier alpha value is -1.61. The molecule has 0 unspecified atom stereocenters. The zero-order valence-corrected chi connectivity index (χ0v) is 10.3. The molecule has 1 aromatic carbocycles. The van der Waals surface area contributed by atoms with Gasteiger partial charge in [0, 0.05) is 11.6 Å². The molecule has 3 rings (SSSR count). The minimum atomic E-state index is -0.397. The molecular formula is C15H17NO2. The van der Waals surface area contributed by atoms with E-state index in [9.17, 15) is 5.11 Å². The summed E-state index contributed by atoms with van der Waals surface area (Å²) in [6, 6.07) is 9.87. The molecule has 0 aliphatic heterocycles. The van der Waals surface area contributed by atoms with Gasteiger partial charge in [0.1, 0.15) is 16.9 Å². The first kappa shape index (κ1) is 11.5. The normalized spacial score (nSPS) is 18.1. The van der Waals surface area contributed by atoms with Gasteiger partial charge in [0.05, 0.1) is 6.61 Å². The number of aromatic nitrogens is 1. The molecule has 1 aliphatic rings. The fourth-order valence-electron chi connectivity index (χ4n) is 2.70. The Bertz CT molecular complexity index is 542. The van der Waals surface area contributed by atoms with Crippen molar-refractivity contribution < 1.29 is 9.84 Å². The van der Waals surface area contributed by atoms with E-state index in [1.165, 1.54) is 0 Å². The SMILES string of the molecule is OCC1(Oc2cccc3cccnc23)CCCC1. The molecule has 94 valence electrons. The van der Waals surface area contributed by atoms with Crippen molar-refractivity contribution >= 4 is 10.9 Å². The van der Waals surface area contributed by atoms with Crippen LogP contribution in [0.4, 0.5) is 0 Å². The molecule has 3 heteroatoms. The van der Waals surface area contributed by atoms with Crippen LogP contribution in [0, 0.1) is 0 Å². The van der Waals surface area contributed by atoms with E-state index in [1.807, 2.05) is 30.3 Å². The number of aliphatic hydroxyl groups excluding tert-OH is 1. The molecule has 0 amide bonds. The lowest BCUT2D eigenvalue weighted by molar-refractivity contribution is 0.0163. The summed E-state index contributed by atoms with van der Waals surface area (Å²) in [7, 11) is 0. The fraction of sp³-hybridized carbons (Fsp3) is 0.400. The Kier molecular flexibility index (Phi) is 2.92. The number of benzene rings is 1. The van der Waals surface area contributed by atoms with Gasteiger partial charge in [-0.25, -0.2) is 0 Å². The number of para-hydroxylation sites is 1. The van der Waals surface area contributed by atoms with Gasteiger partial charge in [0.25, 0.3) is 0 Å². The van der Waals surface area contributed by atoms with Crippen molar-refractivity contribution in [2.24, 2.45) is 0 Å². The first-order chi connectivity index (χ1) is 8.83. The van der Waals surface area contributed by atoms with Crippen LogP contribution in [0.25, 0.3) is 10.9 Å². The quantitative estimate of drug-likeness (QED) is 0.901. The van der Waals surface area contributed by atoms with Gasteiger partial charge in [0.15, 0.2) is 0 Å². The van der Waals surface area contributed by atoms with E-state index in [2.05, 4.69) is 4.98 Å². The number of hydrogen-bond donors (Lipinski definition) is 1. The van der Waals surface area contributed by atoms with Crippen molar-refractivity contribution in [2.75, 3.05) is 6.61 Å². The molecule has 0 saturated heterocycles. The monoisotopic (exact) mass is 243 g/mol. The highest BCUT2D eigenvalue weighted by Gasteiger charge is 2.35. The van der Waals surface area contributed by atoms with E-state index in [-0.39, 0.29) is 6.61 Å². The lowest BCUT2D eigenvalue weighted by Gasteiger charge is -2.28. The molecule has 2 aromatic rings. The van der Waals surface area contributed by atoms with Gasteiger partial charge < -0.3 is 9.84 Å². The minimum absolute atomic E-state index is 0.0796. The molecule has 1 saturated carbocycles. The van der Waals surface area contributed by atoms with Crippen molar-refractivity contribution in [1.29, 1.82) is 0 Å². The summed E-state index contributed by atoms with van der Waals surface area (Å²) in [6.07, 6.45) is 5.87. The van der Waals surface area contributed by atoms with Gasteiger partial charge >= 0.3 is 0 Å². The Morgan fingerprint density at radius 1 is 1.17 bits per heavy atom. The van der Waals surface area contributed by atoms with Crippen LogP contribution in [0.5, 0.6) is 5.75 Å². The number of fused-ring (bicyclic) bond motifs is 1. The lowest BCUT2D eigenvalue weighted by atomic mass is 10.0. The summed E-state index contributed by atoms with van der Waals surface area (Å²) < 4.78 is 6.11. The largest absolute Gasteiger partial charge is 0.483 e. The van der Waals surface area contributed by atoms with Crippen LogP contribution < -0.4 is 4.74 Å². The molecule has 0 radical (unpaired) electrons. The molecule has 0 spiro atoms. The van der Waals surface area contributed by atoms with E-state index in [4.69, 9.17) is 4.74 Å². The van der Waals surface area contributed by atoms with Crippen LogP contribution in [-0.2, 0) is 0 Å². The van der Waals surface area contributed by atoms with E-state index in [0.717, 1.165) is 42.3 Å². The van der Waals surface area contributed by atoms with Gasteiger partial charge in [-0.05, 0) is 37.8 Å². The zero-order chi connectivity index (χ0) is 12.4. The molecule has 1 N–H and O–H groups in total. The molecular weight excluding hydrogens is 226 g/mol. The van der Waals surface area contributed by atoms with Crippen LogP contribution in [0.15, 0.2) is 36.5 Å². The average Bonchev–Trinajstić information content (AvgIpc) is 2.88. The molecule has 0 atom stereocenters. The third-order valence-corrected chi connectivity index (χ3v) is 3.73. The second-order valence-electron chi connectivity index (χ2n) is 4.98. The number of hydrogen-bond acceptors (Lipinski definition) is 3. The first-order valence-corrected chi connectivity index (χ1v) is 6.47. The molecule has 0 bridgehead atoms. The Morgan fingerprint density at radius 2 is 1.94 bits per heavy atom. The molecule has 1 heterocycles. The van der Waals surface area contributed by atoms with Crippen molar-refractivity contribution in [2.45, 2.75) is 31.3 Å². The van der Waals surface area contributed by atoms with E-state index < -0.39 is 5.60 Å². The summed E-state index contributed by atoms with van der Waals surface area (Å²) in [5.74, 6) is 0.782. The van der Waals surface area contributed by atoms with Gasteiger partial charge in [-0.15, -0.1) is 0 Å². The number of nitrogens with zero attached hydrogens (tertiary/aromatic N) is 1. The minimum Gasteiger partial charge on any atom is -0.483 e. The predicted molar refractivity (Wildman–Crippen MR) is 70.7 cm³/mol. The van der Waals surface area contributed by atoms with Crippen LogP contribution in [0.3, 0.4) is 0 Å². The third-order valence-electron chi connectivity index (χ3n) is 3.73. The van der Waals surface area contributed by atoms with Crippen molar-refractivity contribution in [1.82, 2.24) is 4.98 Å². The van der Waals surface area contributed by atoms with Crippen molar-refractivity contribution in [3.05, 3.63) is 36.5 Å². The Labute approximate surface area is 106 Å². The Morgan fingerprint density at radius 3 is 2.72 bits per heavy atom. The summed E-state index contributed by atoms with van der Waals surface area (Å²) in [4.78, 5) is 4.38. The number of aliphatic hydroxyl groups is 1. The van der Waals surface area contributed by atoms with Crippen LogP contribution in [0.2, 0.25) is 0 Å². The third kappa shape index (κ3) is 1.95. The van der Waals surface area contributed by atoms with E-state index in [0.29, 0.717) is 0 Å². The highest BCUT2D eigenvalue weighted by molar-refractivity contribution is 5.84. The second-order valence-corrected chi connectivity index (χ2v) is 4.98. The maximum absolute atomic E-state index is 9.60. The van der Waals surface area contributed by atoms with Gasteiger partial charge in [-0.1, -0.05) is 18.2 Å². The maximum Gasteiger partial charge on any atom is 0.146 e. The molecule has 3 nitrogen and oxygen atoms in total. The smallest absolute Gasteiger partial charge is 0.146 e. The summed E-state index contributed by atoms with van der Waals surface area (Å²) in [6.45, 7) is 0.0796. The van der Waals surface area contributed by atoms with Crippen LogP contribution in [-0.4, -0.2) is 22.3 Å². The summed E-state index contributed by atoms with van der Waals surface area (Å²) in [5, 5.41) is 10.7. The van der Waals surface area contributed by atoms with Crippen molar-refractivity contribution in [3.8, 4) is 5.75 Å². The summed E-state index contributed by atoms with van der Waals surface area (Å²) in [5.41, 5.74) is 0.478. The summed E-state index contributed by atoms with van der Waals surface area (Å²) >= 11 is 0. The Balaban J connectivity index is 1.99. The van der Waals surface area contributed by atoms with Gasteiger partial charge in [-0.2, -0.15) is 0 Å². The van der Waals surface area contributed by atoms with Crippen molar-refractivity contribution in [3.63, 3.8) is 0 Å². The second kappa shape index (κ2) is 4.58. The topological polar surface area (TPSA) is 42.4 Å². The van der Waals surface area contributed by atoms with Gasteiger partial charge in [0.2, 0.25) is 0 Å². The maximum atomic E-state index is 9.60. The average molecular weight is 243 g/mol. The van der Waals surface area contributed by atoms with Crippen LogP contribution >= 0.6 is 0 Å². The number of ether oxygens (including phenoxy) is 1. The standard InChI is InChI=1S/C15H17NO2/c17-11-15(8-1-2-9-15)18-13-7-3-5-12-6-4-10-16-14(12)13/h3-7,10,17H,1-2,8-9,11H2. The first-order valence-electron chi connectivity index (χ1n) is 6.47. The van der Waals surface area contributed by atoms with E-state index >= 15 is 0 Å². The fourth-order valence-corrected chi connectivity index (χ4v) is 2.70. The lowest BCUT2D eigenvalue weighted by Crippen LogP contribution is -2.36. The van der Waals surface area contributed by atoms with E-state index in [1.54, 1.807) is 6.20 Å².